The van der Waals surface area contributed by atoms with Gasteiger partial charge in [-0.15, -0.1) is 0 Å². The zero-order chi connectivity index (χ0) is 32.2. The number of nitrogens with zero attached hydrogens (tertiary/aromatic N) is 3. The summed E-state index contributed by atoms with van der Waals surface area (Å²) in [5, 5.41) is 20.3. The Hall–Kier alpha value is -3.19. The zero-order valence-electron chi connectivity index (χ0n) is 27.8. The minimum absolute atomic E-state index is 0.307. The molecule has 0 saturated heterocycles. The monoisotopic (exact) mass is 590 g/mol. The number of benzene rings is 1. The molecule has 1 aromatic rings. The first-order chi connectivity index (χ1) is 20.7. The first kappa shape index (κ1) is 37.8. The van der Waals surface area contributed by atoms with Crippen LogP contribution in [0.4, 0.5) is 4.39 Å². The zero-order valence-corrected chi connectivity index (χ0v) is 27.8. The van der Waals surface area contributed by atoms with E-state index in [0.29, 0.717) is 24.1 Å². The Bertz CT molecular complexity index is 1190. The molecule has 2 rings (SSSR count). The lowest BCUT2D eigenvalue weighted by Crippen LogP contribution is -2.42. The smallest absolute Gasteiger partial charge is 0.107 e. The quantitative estimate of drug-likeness (QED) is 0.0979. The molecule has 1 aliphatic carbocycles. The number of allylic oxidation sites excluding steroid dienone is 3. The molecule has 0 spiro atoms. The maximum absolute atomic E-state index is 13.1. The number of aryl methyl sites for hydroxylation is 1. The predicted octanol–water partition coefficient (Wildman–Crippen LogP) is 9.88. The topological polar surface area (TPSA) is 71.7 Å². The molecule has 0 bridgehead atoms. The van der Waals surface area contributed by atoms with Gasteiger partial charge < -0.3 is 0 Å². The summed E-state index contributed by atoms with van der Waals surface area (Å²) in [5.41, 5.74) is 8.19. The first-order valence-corrected chi connectivity index (χ1v) is 16.1. The van der Waals surface area contributed by atoms with Gasteiger partial charge in [-0.3, -0.25) is 10.2 Å². The van der Waals surface area contributed by atoms with E-state index >= 15 is 0 Å². The minimum Gasteiger partial charge on any atom is -0.273 e. The van der Waals surface area contributed by atoms with Crippen molar-refractivity contribution in [1.82, 2.24) is 10.6 Å². The average molecular weight is 591 g/mol. The Balaban J connectivity index is 0.000000869. The van der Waals surface area contributed by atoms with Gasteiger partial charge in [0.2, 0.25) is 0 Å². The lowest BCUT2D eigenvalue weighted by Gasteiger charge is -2.23. The molecule has 1 aromatic carbocycles. The van der Waals surface area contributed by atoms with Crippen LogP contribution in [-0.4, -0.2) is 28.8 Å². The van der Waals surface area contributed by atoms with E-state index in [0.717, 1.165) is 64.3 Å². The SMILES string of the molecule is C=C\C(=C/N=C(CCC)\C(C)=C(/C#CCCC)c1ccc(C#N)cc1C)N(O)NC(CC)CF.CCC(C)C1CCCC1. The van der Waals surface area contributed by atoms with E-state index in [1.807, 2.05) is 32.9 Å². The summed E-state index contributed by atoms with van der Waals surface area (Å²) in [6.45, 7) is 17.8. The third-order valence-corrected chi connectivity index (χ3v) is 8.15. The number of halogens is 1. The van der Waals surface area contributed by atoms with E-state index in [9.17, 15) is 14.9 Å². The molecule has 43 heavy (non-hydrogen) atoms. The minimum atomic E-state index is -0.603. The Morgan fingerprint density at radius 1 is 1.21 bits per heavy atom. The average Bonchev–Trinajstić information content (AvgIpc) is 3.57. The van der Waals surface area contributed by atoms with Crippen LogP contribution in [0.1, 0.15) is 122 Å². The molecule has 0 aliphatic heterocycles. The van der Waals surface area contributed by atoms with Crippen LogP contribution < -0.4 is 5.43 Å². The number of hydroxylamine groups is 1. The number of nitriles is 1. The van der Waals surface area contributed by atoms with E-state index < -0.39 is 12.7 Å². The molecule has 0 amide bonds. The fraction of sp³-hybridized carbons (Fsp3) is 0.568. The normalized spacial score (nSPS) is 15.7. The summed E-state index contributed by atoms with van der Waals surface area (Å²) >= 11 is 0. The molecule has 236 valence electrons. The fourth-order valence-corrected chi connectivity index (χ4v) is 5.06. The van der Waals surface area contributed by atoms with Gasteiger partial charge in [0.25, 0.3) is 0 Å². The molecule has 2 N–H and O–H groups in total. The van der Waals surface area contributed by atoms with Gasteiger partial charge >= 0.3 is 0 Å². The highest BCUT2D eigenvalue weighted by molar-refractivity contribution is 6.09. The number of hydrogen-bond acceptors (Lipinski definition) is 5. The summed E-state index contributed by atoms with van der Waals surface area (Å²) in [6, 6.07) is 7.27. The third-order valence-electron chi connectivity index (χ3n) is 8.15. The van der Waals surface area contributed by atoms with Crippen LogP contribution in [0.2, 0.25) is 0 Å². The molecule has 0 radical (unpaired) electrons. The van der Waals surface area contributed by atoms with Crippen molar-refractivity contribution in [3.63, 3.8) is 0 Å². The molecule has 2 atom stereocenters. The molecule has 0 aromatic heterocycles. The molecular formula is C37H55FN4O. The lowest BCUT2D eigenvalue weighted by atomic mass is 9.91. The number of nitrogens with one attached hydrogen (secondary N) is 1. The Morgan fingerprint density at radius 3 is 2.42 bits per heavy atom. The van der Waals surface area contributed by atoms with Gasteiger partial charge in [-0.1, -0.05) is 97.6 Å². The van der Waals surface area contributed by atoms with Crippen molar-refractivity contribution in [2.24, 2.45) is 16.8 Å². The highest BCUT2D eigenvalue weighted by Crippen LogP contribution is 2.32. The molecule has 0 heterocycles. The van der Waals surface area contributed by atoms with Crippen LogP contribution in [0.5, 0.6) is 0 Å². The van der Waals surface area contributed by atoms with Crippen molar-refractivity contribution in [3.05, 3.63) is 65.0 Å². The van der Waals surface area contributed by atoms with Gasteiger partial charge in [0.1, 0.15) is 6.67 Å². The van der Waals surface area contributed by atoms with Crippen LogP contribution in [0.15, 0.2) is 53.3 Å². The van der Waals surface area contributed by atoms with Gasteiger partial charge in [0, 0.05) is 17.7 Å². The Morgan fingerprint density at radius 2 is 1.91 bits per heavy atom. The standard InChI is InChI=1S/C28H37FN4O.C9H18/c1-7-11-12-14-27(26-16-15-23(19-30)17-21(26)5)22(6)28(13-8-2)31-20-25(10-4)33(34)32-24(9-3)18-29;1-3-8(2)9-6-4-5-7-9/h10,15-17,20,24,32,34H,4,7-9,11,13,18H2,1-3,5-6H3;8-9H,3-7H2,1-2H3/b25-20+,27-22+,31-28-;. The van der Waals surface area contributed by atoms with Crippen LogP contribution in [0, 0.1) is 41.9 Å². The molecule has 5 nitrogen and oxygen atoms in total. The fourth-order valence-electron chi connectivity index (χ4n) is 5.06. The maximum atomic E-state index is 13.1. The van der Waals surface area contributed by atoms with E-state index in [2.05, 4.69) is 62.6 Å². The Kier molecular flexibility index (Phi) is 18.9. The second-order valence-electron chi connectivity index (χ2n) is 11.4. The van der Waals surface area contributed by atoms with Gasteiger partial charge in [-0.05, 0) is 79.9 Å². The van der Waals surface area contributed by atoms with Crippen LogP contribution in [-0.2, 0) is 0 Å². The van der Waals surface area contributed by atoms with Crippen molar-refractivity contribution >= 4 is 11.3 Å². The maximum Gasteiger partial charge on any atom is 0.107 e. The largest absolute Gasteiger partial charge is 0.273 e. The highest BCUT2D eigenvalue weighted by atomic mass is 19.1. The summed E-state index contributed by atoms with van der Waals surface area (Å²) in [5.74, 6) is 8.65. The van der Waals surface area contributed by atoms with Crippen molar-refractivity contribution in [2.75, 3.05) is 6.67 Å². The third kappa shape index (κ3) is 12.9. The number of hydrazine groups is 1. The van der Waals surface area contributed by atoms with Crippen molar-refractivity contribution in [2.45, 2.75) is 119 Å². The van der Waals surface area contributed by atoms with Crippen LogP contribution >= 0.6 is 0 Å². The molecule has 1 saturated carbocycles. The predicted molar refractivity (Wildman–Crippen MR) is 180 cm³/mol. The van der Waals surface area contributed by atoms with E-state index in [1.165, 1.54) is 44.4 Å². The molecular weight excluding hydrogens is 535 g/mol. The van der Waals surface area contributed by atoms with Crippen molar-refractivity contribution in [3.8, 4) is 17.9 Å². The first-order valence-electron chi connectivity index (χ1n) is 16.1. The summed E-state index contributed by atoms with van der Waals surface area (Å²) in [6.07, 6.45) is 14.2. The number of rotatable bonds is 14. The molecule has 1 fully saturated rings. The molecule has 6 heteroatoms. The number of unbranched alkanes of at least 4 members (excludes halogenated alkanes) is 1. The van der Waals surface area contributed by atoms with Gasteiger partial charge in [0.05, 0.1) is 29.6 Å². The molecule has 1 aliphatic rings. The summed E-state index contributed by atoms with van der Waals surface area (Å²) in [7, 11) is 0. The molecule has 2 unspecified atom stereocenters. The van der Waals surface area contributed by atoms with E-state index in [4.69, 9.17) is 0 Å². The van der Waals surface area contributed by atoms with Gasteiger partial charge in [-0.2, -0.15) is 10.4 Å². The second kappa shape index (κ2) is 21.5. The summed E-state index contributed by atoms with van der Waals surface area (Å²) < 4.78 is 13.1. The van der Waals surface area contributed by atoms with Crippen molar-refractivity contribution < 1.29 is 9.60 Å². The van der Waals surface area contributed by atoms with Crippen LogP contribution in [0.3, 0.4) is 0 Å². The number of alkyl halides is 1. The van der Waals surface area contributed by atoms with E-state index in [1.54, 1.807) is 6.07 Å². The number of hydrogen-bond donors (Lipinski definition) is 2. The highest BCUT2D eigenvalue weighted by Gasteiger charge is 2.19. The van der Waals surface area contributed by atoms with Gasteiger partial charge in [-0.25, -0.2) is 9.82 Å². The summed E-state index contributed by atoms with van der Waals surface area (Å²) in [4.78, 5) is 4.67. The number of aliphatic imine (C=N–C) groups is 1. The lowest BCUT2D eigenvalue weighted by molar-refractivity contribution is -0.111. The van der Waals surface area contributed by atoms with E-state index in [-0.39, 0.29) is 0 Å². The van der Waals surface area contributed by atoms with Gasteiger partial charge in [0.15, 0.2) is 0 Å². The Labute approximate surface area is 261 Å². The van der Waals surface area contributed by atoms with Crippen molar-refractivity contribution in [1.29, 1.82) is 5.26 Å². The van der Waals surface area contributed by atoms with Crippen LogP contribution in [0.25, 0.3) is 5.57 Å². The second-order valence-corrected chi connectivity index (χ2v) is 11.4.